The van der Waals surface area contributed by atoms with Crippen LogP contribution >= 0.6 is 0 Å². The molecule has 0 aromatic heterocycles. The molecule has 2 aliphatic carbocycles. The Balaban J connectivity index is 2.26. The number of carbonyl (C=O) groups is 1. The molecule has 3 rings (SSSR count). The molecule has 2 bridgehead atoms. The van der Waals surface area contributed by atoms with Gasteiger partial charge in [0, 0.05) is 12.0 Å². The molecule has 1 spiro atoms. The maximum atomic E-state index is 12.8. The Bertz CT molecular complexity index is 582. The van der Waals surface area contributed by atoms with E-state index in [0.29, 0.717) is 18.6 Å². The second-order valence-corrected chi connectivity index (χ2v) is 6.67. The second kappa shape index (κ2) is 4.19. The topological polar surface area (TPSA) is 79.6 Å². The molecule has 0 amide bonds. The third kappa shape index (κ3) is 1.55. The van der Waals surface area contributed by atoms with Crippen LogP contribution in [0.15, 0.2) is 24.5 Å². The Morgan fingerprint density at radius 3 is 2.95 bits per heavy atom. The van der Waals surface area contributed by atoms with Gasteiger partial charge in [-0.15, -0.1) is 6.58 Å². The van der Waals surface area contributed by atoms with Gasteiger partial charge in [-0.2, -0.15) is 5.26 Å². The van der Waals surface area contributed by atoms with Gasteiger partial charge in [0.1, 0.15) is 11.4 Å². The highest BCUT2D eigenvalue weighted by Crippen LogP contribution is 2.65. The molecule has 3 aliphatic rings. The zero-order valence-electron chi connectivity index (χ0n) is 12.3. The lowest BCUT2D eigenvalue weighted by atomic mass is 9.60. The standard InChI is InChI=1S/C16H19NO4/c1-4-5-15-10(14(2,3)19)7-16(11(15)8-17)13(6-12(15)18)20-9-21-16/h4,6,10-11,19H,1,5,7,9H2,2-3H3/t10-,11+,15+,16+/m1/s1. The average Bonchev–Trinajstić information content (AvgIpc) is 2.89. The van der Waals surface area contributed by atoms with Gasteiger partial charge in [-0.05, 0) is 26.7 Å². The van der Waals surface area contributed by atoms with Crippen LogP contribution in [0.25, 0.3) is 0 Å². The fourth-order valence-electron chi connectivity index (χ4n) is 4.43. The van der Waals surface area contributed by atoms with Gasteiger partial charge in [0.15, 0.2) is 12.6 Å². The summed E-state index contributed by atoms with van der Waals surface area (Å²) in [6.07, 6.45) is 3.85. The van der Waals surface area contributed by atoms with E-state index < -0.39 is 28.5 Å². The van der Waals surface area contributed by atoms with Gasteiger partial charge in [0.05, 0.1) is 23.0 Å². The molecular weight excluding hydrogens is 270 g/mol. The summed E-state index contributed by atoms with van der Waals surface area (Å²) < 4.78 is 11.2. The van der Waals surface area contributed by atoms with E-state index in [4.69, 9.17) is 9.47 Å². The third-order valence-corrected chi connectivity index (χ3v) is 5.24. The zero-order chi connectivity index (χ0) is 15.5. The summed E-state index contributed by atoms with van der Waals surface area (Å²) in [6.45, 7) is 7.13. The number of rotatable bonds is 3. The lowest BCUT2D eigenvalue weighted by Gasteiger charge is -2.42. The number of ketones is 1. The first kappa shape index (κ1) is 14.3. The summed E-state index contributed by atoms with van der Waals surface area (Å²) >= 11 is 0. The Morgan fingerprint density at radius 2 is 2.38 bits per heavy atom. The first-order valence-electron chi connectivity index (χ1n) is 7.09. The number of carbonyl (C=O) groups excluding carboxylic acids is 1. The summed E-state index contributed by atoms with van der Waals surface area (Å²) in [7, 11) is 0. The molecule has 1 heterocycles. The number of allylic oxidation sites excluding steroid dienone is 2. The summed E-state index contributed by atoms with van der Waals surface area (Å²) in [4.78, 5) is 12.8. The van der Waals surface area contributed by atoms with Crippen LogP contribution in [0, 0.1) is 28.6 Å². The second-order valence-electron chi connectivity index (χ2n) is 6.67. The Morgan fingerprint density at radius 1 is 1.67 bits per heavy atom. The smallest absolute Gasteiger partial charge is 0.190 e. The minimum Gasteiger partial charge on any atom is -0.469 e. The van der Waals surface area contributed by atoms with Crippen molar-refractivity contribution in [2.24, 2.45) is 17.3 Å². The van der Waals surface area contributed by atoms with Gasteiger partial charge in [0.2, 0.25) is 0 Å². The van der Waals surface area contributed by atoms with Crippen LogP contribution in [-0.2, 0) is 14.3 Å². The van der Waals surface area contributed by atoms with E-state index in [0.717, 1.165) is 0 Å². The predicted molar refractivity (Wildman–Crippen MR) is 73.6 cm³/mol. The number of hydrogen-bond acceptors (Lipinski definition) is 5. The molecular formula is C16H19NO4. The fourth-order valence-corrected chi connectivity index (χ4v) is 4.43. The van der Waals surface area contributed by atoms with Gasteiger partial charge in [-0.1, -0.05) is 6.08 Å². The normalized spacial score (nSPS) is 41.0. The van der Waals surface area contributed by atoms with Crippen molar-refractivity contribution < 1.29 is 19.4 Å². The summed E-state index contributed by atoms with van der Waals surface area (Å²) in [5, 5.41) is 20.3. The van der Waals surface area contributed by atoms with Crippen molar-refractivity contribution >= 4 is 5.78 Å². The van der Waals surface area contributed by atoms with E-state index in [1.165, 1.54) is 6.08 Å². The quantitative estimate of drug-likeness (QED) is 0.800. The van der Waals surface area contributed by atoms with Crippen LogP contribution in [0.2, 0.25) is 0 Å². The van der Waals surface area contributed by atoms with E-state index >= 15 is 0 Å². The first-order chi connectivity index (χ1) is 9.83. The van der Waals surface area contributed by atoms with Crippen LogP contribution < -0.4 is 0 Å². The van der Waals surface area contributed by atoms with Gasteiger partial charge < -0.3 is 14.6 Å². The van der Waals surface area contributed by atoms with Gasteiger partial charge >= 0.3 is 0 Å². The van der Waals surface area contributed by atoms with Crippen LogP contribution in [0.3, 0.4) is 0 Å². The maximum Gasteiger partial charge on any atom is 0.190 e. The molecule has 1 saturated carbocycles. The highest BCUT2D eigenvalue weighted by atomic mass is 16.7. The maximum absolute atomic E-state index is 12.8. The number of nitriles is 1. The molecule has 1 N–H and O–H groups in total. The van der Waals surface area contributed by atoms with Crippen LogP contribution in [0.5, 0.6) is 0 Å². The third-order valence-electron chi connectivity index (χ3n) is 5.24. The molecule has 0 aromatic carbocycles. The van der Waals surface area contributed by atoms with Crippen molar-refractivity contribution in [3.63, 3.8) is 0 Å². The minimum absolute atomic E-state index is 0.0417. The van der Waals surface area contributed by atoms with Crippen molar-refractivity contribution in [2.75, 3.05) is 6.79 Å². The molecule has 112 valence electrons. The number of aliphatic hydroxyl groups is 1. The Labute approximate surface area is 123 Å². The molecule has 21 heavy (non-hydrogen) atoms. The average molecular weight is 289 g/mol. The molecule has 5 heteroatoms. The van der Waals surface area contributed by atoms with Gasteiger partial charge in [0.25, 0.3) is 0 Å². The summed E-state index contributed by atoms with van der Waals surface area (Å²) in [6, 6.07) is 2.26. The fraction of sp³-hybridized carbons (Fsp3) is 0.625. The van der Waals surface area contributed by atoms with Crippen LogP contribution in [0.4, 0.5) is 0 Å². The Hall–Kier alpha value is -1.64. The molecule has 2 fully saturated rings. The van der Waals surface area contributed by atoms with E-state index in [-0.39, 0.29) is 12.6 Å². The lowest BCUT2D eigenvalue weighted by Crippen LogP contribution is -2.51. The number of hydrogen-bond donors (Lipinski definition) is 1. The first-order valence-corrected chi connectivity index (χ1v) is 7.09. The molecule has 5 nitrogen and oxygen atoms in total. The van der Waals surface area contributed by atoms with Gasteiger partial charge in [-0.25, -0.2) is 0 Å². The molecule has 1 aliphatic heterocycles. The van der Waals surface area contributed by atoms with Crippen molar-refractivity contribution in [2.45, 2.75) is 37.9 Å². The minimum atomic E-state index is -1.10. The monoisotopic (exact) mass is 289 g/mol. The highest BCUT2D eigenvalue weighted by molar-refractivity contribution is 5.99. The predicted octanol–water partition coefficient (Wildman–Crippen LogP) is 1.69. The lowest BCUT2D eigenvalue weighted by molar-refractivity contribution is -0.136. The highest BCUT2D eigenvalue weighted by Gasteiger charge is 2.73. The van der Waals surface area contributed by atoms with Crippen molar-refractivity contribution in [1.82, 2.24) is 0 Å². The molecule has 4 atom stereocenters. The van der Waals surface area contributed by atoms with Crippen LogP contribution in [0.1, 0.15) is 26.7 Å². The van der Waals surface area contributed by atoms with E-state index in [2.05, 4.69) is 12.6 Å². The van der Waals surface area contributed by atoms with Crippen LogP contribution in [-0.4, -0.2) is 28.9 Å². The van der Waals surface area contributed by atoms with Crippen molar-refractivity contribution in [3.05, 3.63) is 24.5 Å². The van der Waals surface area contributed by atoms with Crippen molar-refractivity contribution in [3.8, 4) is 6.07 Å². The number of ether oxygens (including phenoxy) is 2. The largest absolute Gasteiger partial charge is 0.469 e. The molecule has 0 radical (unpaired) electrons. The Kier molecular flexibility index (Phi) is 2.85. The zero-order valence-corrected chi connectivity index (χ0v) is 12.3. The van der Waals surface area contributed by atoms with Crippen molar-refractivity contribution in [1.29, 1.82) is 5.26 Å². The number of nitrogens with zero attached hydrogens (tertiary/aromatic N) is 1. The molecule has 0 unspecified atom stereocenters. The summed E-state index contributed by atoms with van der Waals surface area (Å²) in [5.74, 6) is -0.801. The van der Waals surface area contributed by atoms with E-state index in [1.807, 2.05) is 0 Å². The molecule has 0 aromatic rings. The number of fused-ring (bicyclic) bond motifs is 1. The summed E-state index contributed by atoms with van der Waals surface area (Å²) in [5.41, 5.74) is -3.01. The van der Waals surface area contributed by atoms with Gasteiger partial charge in [-0.3, -0.25) is 4.79 Å². The SMILES string of the molecule is C=CC[C@]12C(=O)C=C3OCO[C@@]3(C[C@@H]1C(C)(C)O)[C@H]2C#N. The van der Waals surface area contributed by atoms with E-state index in [1.54, 1.807) is 19.9 Å². The van der Waals surface area contributed by atoms with E-state index in [9.17, 15) is 15.2 Å². The molecule has 1 saturated heterocycles.